The number of benzene rings is 1. The van der Waals surface area contributed by atoms with E-state index in [0.29, 0.717) is 23.1 Å². The molecule has 6 heteroatoms. The molecule has 2 rings (SSSR count). The molecule has 5 nitrogen and oxygen atoms in total. The predicted octanol–water partition coefficient (Wildman–Crippen LogP) is 1.63. The number of rotatable bonds is 3. The quantitative estimate of drug-likeness (QED) is 0.826. The highest BCUT2D eigenvalue weighted by Gasteiger charge is 2.03. The second-order valence-electron chi connectivity index (χ2n) is 3.35. The van der Waals surface area contributed by atoms with Crippen molar-refractivity contribution in [3.63, 3.8) is 0 Å². The van der Waals surface area contributed by atoms with Crippen molar-refractivity contribution in [3.05, 3.63) is 35.1 Å². The lowest BCUT2D eigenvalue weighted by molar-refractivity contribution is 0.303. The Morgan fingerprint density at radius 3 is 2.94 bits per heavy atom. The lowest BCUT2D eigenvalue weighted by Crippen LogP contribution is -1.99. The van der Waals surface area contributed by atoms with Gasteiger partial charge in [-0.2, -0.15) is 0 Å². The summed E-state index contributed by atoms with van der Waals surface area (Å²) in [6.45, 7) is 0.333. The van der Waals surface area contributed by atoms with E-state index in [1.807, 2.05) is 0 Å². The number of hydrogen-bond acceptors (Lipinski definition) is 4. The van der Waals surface area contributed by atoms with Crippen LogP contribution in [0.2, 0.25) is 5.02 Å². The molecule has 0 unspecified atom stereocenters. The van der Waals surface area contributed by atoms with Gasteiger partial charge in [0, 0.05) is 12.1 Å². The van der Waals surface area contributed by atoms with E-state index in [4.69, 9.17) is 22.1 Å². The molecule has 2 N–H and O–H groups in total. The lowest BCUT2D eigenvalue weighted by atomic mass is 10.3. The Hall–Kier alpha value is -1.75. The fourth-order valence-electron chi connectivity index (χ4n) is 1.26. The molecular formula is C10H11ClN4O. The molecule has 0 atom stereocenters. The van der Waals surface area contributed by atoms with Crippen LogP contribution in [0.3, 0.4) is 0 Å². The van der Waals surface area contributed by atoms with Gasteiger partial charge < -0.3 is 10.5 Å². The van der Waals surface area contributed by atoms with Gasteiger partial charge in [0.1, 0.15) is 18.1 Å². The van der Waals surface area contributed by atoms with E-state index in [9.17, 15) is 0 Å². The summed E-state index contributed by atoms with van der Waals surface area (Å²) in [5, 5.41) is 8.29. The van der Waals surface area contributed by atoms with Gasteiger partial charge in [0.05, 0.1) is 11.9 Å². The Morgan fingerprint density at radius 1 is 1.50 bits per heavy atom. The second-order valence-corrected chi connectivity index (χ2v) is 3.79. The number of aryl methyl sites for hydroxylation is 1. The molecule has 0 spiro atoms. The molecule has 1 aromatic carbocycles. The number of nitrogen functional groups attached to an aromatic ring is 1. The van der Waals surface area contributed by atoms with Gasteiger partial charge in [-0.25, -0.2) is 0 Å². The van der Waals surface area contributed by atoms with E-state index < -0.39 is 0 Å². The molecule has 0 saturated carbocycles. The fourth-order valence-corrected chi connectivity index (χ4v) is 1.44. The Labute approximate surface area is 97.8 Å². The Morgan fingerprint density at radius 2 is 2.31 bits per heavy atom. The number of ether oxygens (including phenoxy) is 1. The van der Waals surface area contributed by atoms with E-state index in [-0.39, 0.29) is 0 Å². The third-order valence-electron chi connectivity index (χ3n) is 2.00. The molecular weight excluding hydrogens is 228 g/mol. The van der Waals surface area contributed by atoms with Crippen molar-refractivity contribution in [3.8, 4) is 5.75 Å². The minimum atomic E-state index is 0.333. The number of anilines is 1. The summed E-state index contributed by atoms with van der Waals surface area (Å²) in [6.07, 6.45) is 1.78. The zero-order valence-corrected chi connectivity index (χ0v) is 9.48. The summed E-state index contributed by atoms with van der Waals surface area (Å²) < 4.78 is 7.11. The van der Waals surface area contributed by atoms with E-state index in [1.54, 1.807) is 36.1 Å². The van der Waals surface area contributed by atoms with Crippen molar-refractivity contribution in [2.24, 2.45) is 7.05 Å². The smallest absolute Gasteiger partial charge is 0.142 e. The van der Waals surface area contributed by atoms with Crippen molar-refractivity contribution in [1.29, 1.82) is 0 Å². The molecule has 0 amide bonds. The fraction of sp³-hybridized carbons (Fsp3) is 0.200. The highest BCUT2D eigenvalue weighted by molar-refractivity contribution is 6.30. The van der Waals surface area contributed by atoms with Crippen LogP contribution in [0, 0.1) is 0 Å². The molecule has 84 valence electrons. The zero-order chi connectivity index (χ0) is 11.5. The number of aromatic nitrogens is 3. The van der Waals surface area contributed by atoms with Crippen LogP contribution in [0.5, 0.6) is 5.75 Å². The van der Waals surface area contributed by atoms with Crippen LogP contribution in [0.15, 0.2) is 24.4 Å². The SMILES string of the molecule is Cn1cc(COc2ccc(Cl)cc2N)nn1. The first kappa shape index (κ1) is 10.8. The maximum absolute atomic E-state index is 5.78. The highest BCUT2D eigenvalue weighted by Crippen LogP contribution is 2.25. The Balaban J connectivity index is 2.04. The van der Waals surface area contributed by atoms with Gasteiger partial charge in [0.15, 0.2) is 0 Å². The lowest BCUT2D eigenvalue weighted by Gasteiger charge is -2.06. The summed E-state index contributed by atoms with van der Waals surface area (Å²) >= 11 is 5.78. The number of hydrogen-bond donors (Lipinski definition) is 1. The van der Waals surface area contributed by atoms with Gasteiger partial charge in [0.25, 0.3) is 0 Å². The first-order chi connectivity index (χ1) is 7.65. The maximum Gasteiger partial charge on any atom is 0.142 e. The molecule has 2 aromatic rings. The molecule has 0 aliphatic carbocycles. The van der Waals surface area contributed by atoms with Crippen molar-refractivity contribution in [2.45, 2.75) is 6.61 Å². The molecule has 16 heavy (non-hydrogen) atoms. The van der Waals surface area contributed by atoms with Crippen LogP contribution in [0.25, 0.3) is 0 Å². The van der Waals surface area contributed by atoms with Crippen LogP contribution in [-0.2, 0) is 13.7 Å². The third kappa shape index (κ3) is 2.43. The van der Waals surface area contributed by atoms with Gasteiger partial charge >= 0.3 is 0 Å². The van der Waals surface area contributed by atoms with E-state index >= 15 is 0 Å². The highest BCUT2D eigenvalue weighted by atomic mass is 35.5. The average molecular weight is 239 g/mol. The van der Waals surface area contributed by atoms with Crippen LogP contribution >= 0.6 is 11.6 Å². The molecule has 0 bridgehead atoms. The van der Waals surface area contributed by atoms with Gasteiger partial charge in [0.2, 0.25) is 0 Å². The molecule has 0 aliphatic rings. The van der Waals surface area contributed by atoms with Gasteiger partial charge in [-0.1, -0.05) is 16.8 Å². The molecule has 0 saturated heterocycles. The van der Waals surface area contributed by atoms with Crippen LogP contribution in [0.1, 0.15) is 5.69 Å². The van der Waals surface area contributed by atoms with E-state index in [1.165, 1.54) is 0 Å². The third-order valence-corrected chi connectivity index (χ3v) is 2.23. The van der Waals surface area contributed by atoms with Crippen LogP contribution in [-0.4, -0.2) is 15.0 Å². The van der Waals surface area contributed by atoms with Gasteiger partial charge in [-0.05, 0) is 18.2 Å². The monoisotopic (exact) mass is 238 g/mol. The van der Waals surface area contributed by atoms with E-state index in [2.05, 4.69) is 10.3 Å². The van der Waals surface area contributed by atoms with E-state index in [0.717, 1.165) is 5.69 Å². The Kier molecular flexibility index (Phi) is 2.96. The van der Waals surface area contributed by atoms with Crippen molar-refractivity contribution < 1.29 is 4.74 Å². The molecule has 1 heterocycles. The average Bonchev–Trinajstić information content (AvgIpc) is 2.63. The number of halogens is 1. The number of nitrogens with zero attached hydrogens (tertiary/aromatic N) is 3. The molecule has 1 aromatic heterocycles. The van der Waals surface area contributed by atoms with Crippen molar-refractivity contribution >= 4 is 17.3 Å². The summed E-state index contributed by atoms with van der Waals surface area (Å²) in [7, 11) is 1.80. The summed E-state index contributed by atoms with van der Waals surface area (Å²) in [4.78, 5) is 0. The minimum absolute atomic E-state index is 0.333. The van der Waals surface area contributed by atoms with Crippen molar-refractivity contribution in [1.82, 2.24) is 15.0 Å². The normalized spacial score (nSPS) is 10.4. The molecule has 0 aliphatic heterocycles. The van der Waals surface area contributed by atoms with Crippen molar-refractivity contribution in [2.75, 3.05) is 5.73 Å². The van der Waals surface area contributed by atoms with Gasteiger partial charge in [-0.3, -0.25) is 4.68 Å². The van der Waals surface area contributed by atoms with Gasteiger partial charge in [-0.15, -0.1) is 5.10 Å². The molecule has 0 fully saturated rings. The zero-order valence-electron chi connectivity index (χ0n) is 8.72. The maximum atomic E-state index is 5.78. The second kappa shape index (κ2) is 4.40. The van der Waals surface area contributed by atoms with Crippen LogP contribution in [0.4, 0.5) is 5.69 Å². The first-order valence-corrected chi connectivity index (χ1v) is 5.06. The largest absolute Gasteiger partial charge is 0.485 e. The molecule has 0 radical (unpaired) electrons. The number of nitrogens with two attached hydrogens (primary N) is 1. The summed E-state index contributed by atoms with van der Waals surface area (Å²) in [6, 6.07) is 5.10. The summed E-state index contributed by atoms with van der Waals surface area (Å²) in [5.41, 5.74) is 7.00. The standard InChI is InChI=1S/C10H11ClN4O/c1-15-5-8(13-14-15)6-16-10-3-2-7(11)4-9(10)12/h2-5H,6,12H2,1H3. The summed E-state index contributed by atoms with van der Waals surface area (Å²) in [5.74, 6) is 0.593. The van der Waals surface area contributed by atoms with Crippen LogP contribution < -0.4 is 10.5 Å². The topological polar surface area (TPSA) is 66.0 Å². The Bertz CT molecular complexity index is 497. The first-order valence-electron chi connectivity index (χ1n) is 4.68. The predicted molar refractivity (Wildman–Crippen MR) is 61.2 cm³/mol. The minimum Gasteiger partial charge on any atom is -0.485 e.